The Kier molecular flexibility index (Phi) is 46.8. The average molecular weight is 889 g/mol. The van der Waals surface area contributed by atoms with Crippen molar-refractivity contribution in [2.75, 3.05) is 13.2 Å². The fraction of sp³-hybridized carbons (Fsp3) is 0.441. The molecule has 6 nitrogen and oxygen atoms in total. The summed E-state index contributed by atoms with van der Waals surface area (Å²) in [5, 5.41) is 0. The Labute approximate surface area is 395 Å². The quantitative estimate of drug-likeness (QED) is 0.0200. The molecule has 0 aliphatic carbocycles. The Bertz CT molecular complexity index is 1630. The summed E-state index contributed by atoms with van der Waals surface area (Å²) < 4.78 is 16.6. The summed E-state index contributed by atoms with van der Waals surface area (Å²) in [6.45, 7) is 6.12. The summed E-state index contributed by atoms with van der Waals surface area (Å²) in [6.07, 6.45) is 77.4. The number of allylic oxidation sites excluding steroid dienone is 30. The van der Waals surface area contributed by atoms with Crippen LogP contribution in [0.2, 0.25) is 0 Å². The SMILES string of the molecule is CC\C=C/C=C\C=C/C=C\C=C/CCCC(=O)OCC(COC(=O)CCCCC\C=C/C=C/C=C\C=C/C=C\C=C/CC)OC(=O)CCC/C=C\C/C=C\C/C=C\C/C=C\CCCCC. The molecule has 0 saturated heterocycles. The van der Waals surface area contributed by atoms with Crippen molar-refractivity contribution < 1.29 is 28.6 Å². The van der Waals surface area contributed by atoms with E-state index in [1.165, 1.54) is 25.7 Å². The molecular formula is C59H84O6. The van der Waals surface area contributed by atoms with Crippen molar-refractivity contribution in [2.45, 2.75) is 155 Å². The highest BCUT2D eigenvalue weighted by Crippen LogP contribution is 2.09. The lowest BCUT2D eigenvalue weighted by molar-refractivity contribution is -0.167. The van der Waals surface area contributed by atoms with Gasteiger partial charge in [0.05, 0.1) is 0 Å². The highest BCUT2D eigenvalue weighted by atomic mass is 16.6. The minimum Gasteiger partial charge on any atom is -0.462 e. The third-order valence-electron chi connectivity index (χ3n) is 9.16. The van der Waals surface area contributed by atoms with Crippen LogP contribution in [-0.4, -0.2) is 37.2 Å². The molecular weight excluding hydrogens is 805 g/mol. The third kappa shape index (κ3) is 49.4. The second kappa shape index (κ2) is 51.1. The maximum atomic E-state index is 12.8. The molecule has 0 aromatic heterocycles. The van der Waals surface area contributed by atoms with E-state index in [0.29, 0.717) is 19.3 Å². The van der Waals surface area contributed by atoms with Crippen LogP contribution < -0.4 is 0 Å². The first kappa shape index (κ1) is 59.5. The first-order valence-corrected chi connectivity index (χ1v) is 24.4. The van der Waals surface area contributed by atoms with Gasteiger partial charge in [-0.2, -0.15) is 0 Å². The molecule has 0 bridgehead atoms. The van der Waals surface area contributed by atoms with E-state index in [0.717, 1.165) is 64.2 Å². The van der Waals surface area contributed by atoms with E-state index in [1.54, 1.807) is 0 Å². The number of unbranched alkanes of at least 4 members (excludes halogenated alkanes) is 8. The smallest absolute Gasteiger partial charge is 0.306 e. The predicted molar refractivity (Wildman–Crippen MR) is 278 cm³/mol. The van der Waals surface area contributed by atoms with Crippen LogP contribution in [0.15, 0.2) is 182 Å². The fourth-order valence-corrected chi connectivity index (χ4v) is 5.55. The van der Waals surface area contributed by atoms with Gasteiger partial charge < -0.3 is 14.2 Å². The van der Waals surface area contributed by atoms with Crippen molar-refractivity contribution in [3.63, 3.8) is 0 Å². The minimum atomic E-state index is -0.864. The number of esters is 3. The van der Waals surface area contributed by atoms with Crippen molar-refractivity contribution in [1.82, 2.24) is 0 Å². The lowest BCUT2D eigenvalue weighted by Crippen LogP contribution is -2.30. The fourth-order valence-electron chi connectivity index (χ4n) is 5.55. The van der Waals surface area contributed by atoms with Crippen molar-refractivity contribution in [2.24, 2.45) is 0 Å². The molecule has 0 radical (unpaired) electrons. The van der Waals surface area contributed by atoms with Gasteiger partial charge in [0.2, 0.25) is 0 Å². The van der Waals surface area contributed by atoms with Crippen LogP contribution in [0.4, 0.5) is 0 Å². The molecule has 65 heavy (non-hydrogen) atoms. The zero-order valence-corrected chi connectivity index (χ0v) is 40.4. The Morgan fingerprint density at radius 1 is 0.338 bits per heavy atom. The molecule has 0 aliphatic rings. The van der Waals surface area contributed by atoms with Crippen LogP contribution in [0.3, 0.4) is 0 Å². The van der Waals surface area contributed by atoms with E-state index in [-0.39, 0.29) is 44.4 Å². The average Bonchev–Trinajstić information content (AvgIpc) is 3.30. The highest BCUT2D eigenvalue weighted by Gasteiger charge is 2.19. The molecule has 0 heterocycles. The van der Waals surface area contributed by atoms with E-state index >= 15 is 0 Å². The first-order chi connectivity index (χ1) is 32.0. The van der Waals surface area contributed by atoms with Crippen LogP contribution in [-0.2, 0) is 28.6 Å². The van der Waals surface area contributed by atoms with Crippen LogP contribution in [0, 0.1) is 0 Å². The molecule has 0 fully saturated rings. The normalized spacial score (nSPS) is 13.7. The Morgan fingerprint density at radius 2 is 0.677 bits per heavy atom. The van der Waals surface area contributed by atoms with Gasteiger partial charge in [0.1, 0.15) is 13.2 Å². The van der Waals surface area contributed by atoms with Gasteiger partial charge in [-0.15, -0.1) is 0 Å². The van der Waals surface area contributed by atoms with Crippen molar-refractivity contribution in [3.8, 4) is 0 Å². The minimum absolute atomic E-state index is 0.157. The molecule has 1 atom stereocenters. The van der Waals surface area contributed by atoms with Gasteiger partial charge in [0, 0.05) is 19.3 Å². The number of carbonyl (C=O) groups is 3. The Balaban J connectivity index is 4.73. The van der Waals surface area contributed by atoms with Crippen molar-refractivity contribution >= 4 is 17.9 Å². The third-order valence-corrected chi connectivity index (χ3v) is 9.16. The van der Waals surface area contributed by atoms with Gasteiger partial charge in [-0.3, -0.25) is 14.4 Å². The maximum Gasteiger partial charge on any atom is 0.306 e. The Hall–Kier alpha value is -5.49. The topological polar surface area (TPSA) is 78.9 Å². The molecule has 0 N–H and O–H groups in total. The number of hydrogen-bond acceptors (Lipinski definition) is 6. The number of ether oxygens (including phenoxy) is 3. The van der Waals surface area contributed by atoms with E-state index < -0.39 is 12.1 Å². The molecule has 0 aliphatic heterocycles. The van der Waals surface area contributed by atoms with Crippen molar-refractivity contribution in [3.05, 3.63) is 182 Å². The van der Waals surface area contributed by atoms with Gasteiger partial charge >= 0.3 is 17.9 Å². The largest absolute Gasteiger partial charge is 0.462 e. The van der Waals surface area contributed by atoms with E-state index in [4.69, 9.17) is 14.2 Å². The van der Waals surface area contributed by atoms with E-state index in [2.05, 4.69) is 87.6 Å². The molecule has 0 aromatic rings. The summed E-state index contributed by atoms with van der Waals surface area (Å²) in [6, 6.07) is 0. The zero-order valence-electron chi connectivity index (χ0n) is 40.4. The number of carbonyl (C=O) groups excluding carboxylic acids is 3. The van der Waals surface area contributed by atoms with Crippen LogP contribution in [0.5, 0.6) is 0 Å². The van der Waals surface area contributed by atoms with Gasteiger partial charge in [0.25, 0.3) is 0 Å². The summed E-state index contributed by atoms with van der Waals surface area (Å²) in [5.74, 6) is -1.15. The summed E-state index contributed by atoms with van der Waals surface area (Å²) in [4.78, 5) is 37.9. The summed E-state index contributed by atoms with van der Waals surface area (Å²) in [5.41, 5.74) is 0. The predicted octanol–water partition coefficient (Wildman–Crippen LogP) is 16.2. The monoisotopic (exact) mass is 889 g/mol. The summed E-state index contributed by atoms with van der Waals surface area (Å²) >= 11 is 0. The molecule has 0 spiro atoms. The highest BCUT2D eigenvalue weighted by molar-refractivity contribution is 5.71. The Morgan fingerprint density at radius 3 is 1.12 bits per heavy atom. The van der Waals surface area contributed by atoms with Gasteiger partial charge in [-0.05, 0) is 89.9 Å². The molecule has 0 rings (SSSR count). The van der Waals surface area contributed by atoms with E-state index in [1.807, 2.05) is 115 Å². The first-order valence-electron chi connectivity index (χ1n) is 24.4. The molecule has 1 unspecified atom stereocenters. The number of rotatable bonds is 40. The summed E-state index contributed by atoms with van der Waals surface area (Å²) in [7, 11) is 0. The molecule has 0 aromatic carbocycles. The van der Waals surface area contributed by atoms with Gasteiger partial charge in [0.15, 0.2) is 6.10 Å². The van der Waals surface area contributed by atoms with E-state index in [9.17, 15) is 14.4 Å². The van der Waals surface area contributed by atoms with Gasteiger partial charge in [-0.1, -0.05) is 222 Å². The molecule has 6 heteroatoms. The van der Waals surface area contributed by atoms with Crippen molar-refractivity contribution in [1.29, 1.82) is 0 Å². The van der Waals surface area contributed by atoms with Gasteiger partial charge in [-0.25, -0.2) is 0 Å². The zero-order chi connectivity index (χ0) is 47.2. The lowest BCUT2D eigenvalue weighted by atomic mass is 10.1. The number of hydrogen-bond donors (Lipinski definition) is 0. The van der Waals surface area contributed by atoms with Crippen LogP contribution in [0.1, 0.15) is 149 Å². The molecule has 356 valence electrons. The molecule has 0 saturated carbocycles. The standard InChI is InChI=1S/C59H84O6/c1-4-7-10-13-16-19-22-25-27-29-31-34-37-40-43-46-49-52-58(61)64-55-56(54-63-57(60)51-48-45-42-39-36-33-24-21-18-15-12-9-6-3)65-59(62)53-50-47-44-41-38-35-32-30-28-26-23-20-17-14-11-8-5-2/h7,9-10,12-13,15-22,24-29,31-37,39,41-42,44,56H,4-6,8,11,14,23,30,38,40,43,45-55H2,1-3H3/b10-7-,12-9-,16-13-,18-15-,20-17-,22-19-,24-21-,27-25-,28-26-,31-29+,35-32-,36-33-,37-34-,42-39-,44-41-. The lowest BCUT2D eigenvalue weighted by Gasteiger charge is -2.18. The second-order valence-electron chi connectivity index (χ2n) is 15.2. The molecule has 0 amide bonds. The van der Waals surface area contributed by atoms with Crippen LogP contribution >= 0.6 is 0 Å². The van der Waals surface area contributed by atoms with Crippen LogP contribution in [0.25, 0.3) is 0 Å². The second-order valence-corrected chi connectivity index (χ2v) is 15.2. The maximum absolute atomic E-state index is 12.8.